The van der Waals surface area contributed by atoms with Crippen molar-refractivity contribution in [3.05, 3.63) is 35.4 Å². The Morgan fingerprint density at radius 3 is 3.18 bits per heavy atom. The first-order valence-corrected chi connectivity index (χ1v) is 9.63. The van der Waals surface area contributed by atoms with E-state index in [1.165, 1.54) is 29.1 Å². The number of hydrogen-bond donors (Lipinski definition) is 1. The summed E-state index contributed by atoms with van der Waals surface area (Å²) in [6.45, 7) is 4.54. The molecule has 3 rings (SSSR count). The second-order valence-electron chi connectivity index (χ2n) is 6.19. The van der Waals surface area contributed by atoms with E-state index >= 15 is 0 Å². The van der Waals surface area contributed by atoms with Gasteiger partial charge in [0.05, 0.1) is 13.2 Å². The Hall–Kier alpha value is -0.550. The molecule has 0 radical (unpaired) electrons. The van der Waals surface area contributed by atoms with Crippen LogP contribution in [0.25, 0.3) is 0 Å². The fraction of sp³-hybridized carbons (Fsp3) is 0.667. The summed E-state index contributed by atoms with van der Waals surface area (Å²) >= 11 is 2.06. The predicted molar refractivity (Wildman–Crippen MR) is 92.6 cm³/mol. The van der Waals surface area contributed by atoms with E-state index in [0.29, 0.717) is 12.0 Å². The summed E-state index contributed by atoms with van der Waals surface area (Å²) in [6.07, 6.45) is 3.44. The highest BCUT2D eigenvalue weighted by atomic mass is 32.2. The molecule has 1 fully saturated rings. The van der Waals surface area contributed by atoms with Crippen LogP contribution in [0.4, 0.5) is 0 Å². The van der Waals surface area contributed by atoms with Gasteiger partial charge in [-0.15, -0.1) is 0 Å². The quantitative estimate of drug-likeness (QED) is 0.782. The van der Waals surface area contributed by atoms with Crippen molar-refractivity contribution in [1.29, 1.82) is 0 Å². The number of rotatable bonds is 7. The van der Waals surface area contributed by atoms with Crippen LogP contribution in [-0.2, 0) is 15.9 Å². The number of ether oxygens (including phenoxy) is 2. The number of fused-ring (bicyclic) bond motifs is 1. The molecule has 122 valence electrons. The van der Waals surface area contributed by atoms with Gasteiger partial charge in [0.15, 0.2) is 0 Å². The first-order valence-electron chi connectivity index (χ1n) is 8.48. The minimum Gasteiger partial charge on any atom is -0.381 e. The van der Waals surface area contributed by atoms with E-state index in [-0.39, 0.29) is 0 Å². The minimum absolute atomic E-state index is 0.493. The van der Waals surface area contributed by atoms with Crippen molar-refractivity contribution in [1.82, 2.24) is 5.32 Å². The van der Waals surface area contributed by atoms with Crippen LogP contribution in [0.2, 0.25) is 0 Å². The molecule has 0 aliphatic carbocycles. The maximum absolute atomic E-state index is 5.78. The van der Waals surface area contributed by atoms with E-state index in [9.17, 15) is 0 Å². The van der Waals surface area contributed by atoms with Crippen molar-refractivity contribution in [2.45, 2.75) is 25.3 Å². The van der Waals surface area contributed by atoms with E-state index in [1.807, 2.05) is 0 Å². The highest BCUT2D eigenvalue weighted by Gasteiger charge is 2.18. The van der Waals surface area contributed by atoms with Gasteiger partial charge in [0, 0.05) is 30.9 Å². The van der Waals surface area contributed by atoms with Crippen LogP contribution < -0.4 is 5.32 Å². The van der Waals surface area contributed by atoms with Gasteiger partial charge in [0.2, 0.25) is 0 Å². The molecule has 0 unspecified atom stereocenters. The average Bonchev–Trinajstić information content (AvgIpc) is 2.98. The van der Waals surface area contributed by atoms with E-state index in [1.54, 1.807) is 0 Å². The molecule has 2 atom stereocenters. The Bertz CT molecular complexity index is 448. The Morgan fingerprint density at radius 2 is 2.27 bits per heavy atom. The molecule has 1 saturated heterocycles. The van der Waals surface area contributed by atoms with Crippen LogP contribution in [0.1, 0.15) is 30.0 Å². The highest BCUT2D eigenvalue weighted by molar-refractivity contribution is 7.99. The average molecular weight is 321 g/mol. The van der Waals surface area contributed by atoms with Gasteiger partial charge in [0.1, 0.15) is 0 Å². The predicted octanol–water partition coefficient (Wildman–Crippen LogP) is 3.05. The molecule has 3 nitrogen and oxygen atoms in total. The molecule has 0 spiro atoms. The third-order valence-corrected chi connectivity index (χ3v) is 5.53. The van der Waals surface area contributed by atoms with Crippen molar-refractivity contribution in [3.8, 4) is 0 Å². The van der Waals surface area contributed by atoms with Crippen molar-refractivity contribution in [2.24, 2.45) is 5.92 Å². The number of nitrogens with one attached hydrogen (secondary N) is 1. The van der Waals surface area contributed by atoms with Crippen molar-refractivity contribution in [3.63, 3.8) is 0 Å². The number of hydrogen-bond acceptors (Lipinski definition) is 4. The second kappa shape index (κ2) is 8.92. The van der Waals surface area contributed by atoms with Crippen LogP contribution in [0.15, 0.2) is 24.3 Å². The molecule has 4 heteroatoms. The molecule has 22 heavy (non-hydrogen) atoms. The van der Waals surface area contributed by atoms with Gasteiger partial charge in [-0.05, 0) is 42.7 Å². The number of thioether (sulfide) groups is 1. The summed E-state index contributed by atoms with van der Waals surface area (Å²) in [7, 11) is 0. The van der Waals surface area contributed by atoms with E-state index in [0.717, 1.165) is 45.8 Å². The van der Waals surface area contributed by atoms with Gasteiger partial charge in [-0.25, -0.2) is 0 Å². The van der Waals surface area contributed by atoms with Crippen LogP contribution in [0, 0.1) is 5.92 Å². The zero-order chi connectivity index (χ0) is 15.0. The summed E-state index contributed by atoms with van der Waals surface area (Å²) in [5.41, 5.74) is 3.01. The lowest BCUT2D eigenvalue weighted by Gasteiger charge is -2.19. The van der Waals surface area contributed by atoms with Gasteiger partial charge >= 0.3 is 0 Å². The van der Waals surface area contributed by atoms with E-state index in [4.69, 9.17) is 9.47 Å². The molecule has 0 amide bonds. The second-order valence-corrected chi connectivity index (χ2v) is 7.34. The molecule has 2 heterocycles. The first kappa shape index (κ1) is 16.3. The normalized spacial score (nSPS) is 24.9. The van der Waals surface area contributed by atoms with Gasteiger partial charge in [0.25, 0.3) is 0 Å². The van der Waals surface area contributed by atoms with Crippen molar-refractivity contribution < 1.29 is 9.47 Å². The lowest BCUT2D eigenvalue weighted by Crippen LogP contribution is -2.25. The van der Waals surface area contributed by atoms with Crippen LogP contribution >= 0.6 is 11.8 Å². The molecular formula is C18H27NO2S. The standard InChI is InChI=1S/C18H27NO2S/c1-2-5-17-16(4-1)7-11-22-14-18(17)19-8-3-9-20-12-15-6-10-21-13-15/h1-2,4-5,15,18-19H,3,6-14H2/t15-,18+/m1/s1. The molecule has 2 aliphatic heterocycles. The van der Waals surface area contributed by atoms with E-state index < -0.39 is 0 Å². The van der Waals surface area contributed by atoms with Crippen LogP contribution in [0.5, 0.6) is 0 Å². The van der Waals surface area contributed by atoms with Crippen molar-refractivity contribution in [2.75, 3.05) is 44.5 Å². The summed E-state index contributed by atoms with van der Waals surface area (Å²) < 4.78 is 11.1. The first-order chi connectivity index (χ1) is 10.9. The molecule has 2 aliphatic rings. The summed E-state index contributed by atoms with van der Waals surface area (Å²) in [5.74, 6) is 3.04. The Balaban J connectivity index is 1.36. The lowest BCUT2D eigenvalue weighted by molar-refractivity contribution is 0.0880. The highest BCUT2D eigenvalue weighted by Crippen LogP contribution is 2.27. The topological polar surface area (TPSA) is 30.5 Å². The maximum atomic E-state index is 5.78. The maximum Gasteiger partial charge on any atom is 0.0517 e. The zero-order valence-corrected chi connectivity index (χ0v) is 14.1. The van der Waals surface area contributed by atoms with Gasteiger partial charge in [-0.3, -0.25) is 0 Å². The Kier molecular flexibility index (Phi) is 6.61. The van der Waals surface area contributed by atoms with Gasteiger partial charge in [-0.2, -0.15) is 11.8 Å². The fourth-order valence-corrected chi connectivity index (χ4v) is 4.22. The molecule has 0 bridgehead atoms. The van der Waals surface area contributed by atoms with Crippen LogP contribution in [0.3, 0.4) is 0 Å². The zero-order valence-electron chi connectivity index (χ0n) is 13.3. The summed E-state index contributed by atoms with van der Waals surface area (Å²) in [4.78, 5) is 0. The Morgan fingerprint density at radius 1 is 1.32 bits per heavy atom. The third kappa shape index (κ3) is 4.72. The summed E-state index contributed by atoms with van der Waals surface area (Å²) in [5, 5.41) is 3.72. The molecule has 1 N–H and O–H groups in total. The lowest BCUT2D eigenvalue weighted by atomic mass is 10.00. The minimum atomic E-state index is 0.493. The molecule has 1 aromatic rings. The number of benzene rings is 1. The summed E-state index contributed by atoms with van der Waals surface area (Å²) in [6, 6.07) is 9.38. The third-order valence-electron chi connectivity index (χ3n) is 4.46. The molecule has 0 saturated carbocycles. The largest absolute Gasteiger partial charge is 0.381 e. The van der Waals surface area contributed by atoms with Gasteiger partial charge in [-0.1, -0.05) is 24.3 Å². The SMILES string of the molecule is c1ccc2c(c1)CCSC[C@@H]2NCCCOC[C@H]1CCOC1. The molecule has 1 aromatic carbocycles. The van der Waals surface area contributed by atoms with Gasteiger partial charge < -0.3 is 14.8 Å². The van der Waals surface area contributed by atoms with Crippen LogP contribution in [-0.4, -0.2) is 44.5 Å². The van der Waals surface area contributed by atoms with E-state index in [2.05, 4.69) is 41.3 Å². The number of aryl methyl sites for hydroxylation is 1. The Labute approximate surface area is 138 Å². The molecular weight excluding hydrogens is 294 g/mol. The smallest absolute Gasteiger partial charge is 0.0517 e. The van der Waals surface area contributed by atoms with Crippen molar-refractivity contribution >= 4 is 11.8 Å². The fourth-order valence-electron chi connectivity index (χ4n) is 3.16. The molecule has 0 aromatic heterocycles. The monoisotopic (exact) mass is 321 g/mol.